The highest BCUT2D eigenvalue weighted by molar-refractivity contribution is 6.32. The molecule has 0 saturated carbocycles. The number of rotatable bonds is 7. The Labute approximate surface area is 182 Å². The van der Waals surface area contributed by atoms with E-state index in [9.17, 15) is 13.2 Å². The third-order valence-electron chi connectivity index (χ3n) is 4.32. The summed E-state index contributed by atoms with van der Waals surface area (Å²) in [6.07, 6.45) is -1.35. The molecular weight excluding hydrogens is 438 g/mol. The quantitative estimate of drug-likeness (QED) is 0.378. The second-order valence-electron chi connectivity index (χ2n) is 6.59. The summed E-state index contributed by atoms with van der Waals surface area (Å²) in [6, 6.07) is 9.43. The summed E-state index contributed by atoms with van der Waals surface area (Å²) in [4.78, 5) is 12.3. The predicted octanol–water partition coefficient (Wildman–Crippen LogP) is 6.56. The number of aryl methyl sites for hydroxylation is 3. The van der Waals surface area contributed by atoms with Crippen molar-refractivity contribution in [2.24, 2.45) is 0 Å². The van der Waals surface area contributed by atoms with Crippen molar-refractivity contribution in [3.05, 3.63) is 76.0 Å². The van der Waals surface area contributed by atoms with Gasteiger partial charge >= 0.3 is 6.18 Å². The molecule has 0 spiro atoms. The average Bonchev–Trinajstić information content (AvgIpc) is 2.71. The molecular formula is C21H18Cl2F3N3O. The molecule has 9 heteroatoms. The fourth-order valence-corrected chi connectivity index (χ4v) is 3.36. The van der Waals surface area contributed by atoms with Gasteiger partial charge in [-0.25, -0.2) is 15.0 Å². The van der Waals surface area contributed by atoms with Crippen LogP contribution in [0.3, 0.4) is 0 Å². The lowest BCUT2D eigenvalue weighted by atomic mass is 10.1. The minimum absolute atomic E-state index is 0.0969. The Morgan fingerprint density at radius 3 is 2.27 bits per heavy atom. The van der Waals surface area contributed by atoms with Crippen molar-refractivity contribution >= 4 is 23.2 Å². The molecule has 30 heavy (non-hydrogen) atoms. The van der Waals surface area contributed by atoms with E-state index in [4.69, 9.17) is 27.9 Å². The molecule has 4 nitrogen and oxygen atoms in total. The highest BCUT2D eigenvalue weighted by Crippen LogP contribution is 2.30. The summed E-state index contributed by atoms with van der Waals surface area (Å²) in [5.41, 5.74) is 1.69. The SMILES string of the molecule is Cc1nc(CCl)c(Cl)c(CCCc2ccc(Oc3ccc(C(F)(F)F)cn3)cc2)n1. The maximum atomic E-state index is 12.6. The molecule has 3 rings (SSSR count). The van der Waals surface area contributed by atoms with Gasteiger partial charge in [0, 0.05) is 12.3 Å². The van der Waals surface area contributed by atoms with Crippen LogP contribution in [0.1, 0.15) is 34.8 Å². The normalized spacial score (nSPS) is 11.5. The molecule has 0 N–H and O–H groups in total. The summed E-state index contributed by atoms with van der Waals surface area (Å²) in [6.45, 7) is 1.81. The van der Waals surface area contributed by atoms with Crippen molar-refractivity contribution in [3.63, 3.8) is 0 Å². The largest absolute Gasteiger partial charge is 0.439 e. The number of nitrogens with zero attached hydrogens (tertiary/aromatic N) is 3. The first-order valence-electron chi connectivity index (χ1n) is 9.14. The van der Waals surface area contributed by atoms with Crippen molar-refractivity contribution in [2.75, 3.05) is 0 Å². The zero-order valence-corrected chi connectivity index (χ0v) is 17.5. The van der Waals surface area contributed by atoms with Crippen molar-refractivity contribution in [2.45, 2.75) is 38.2 Å². The van der Waals surface area contributed by atoms with E-state index >= 15 is 0 Å². The van der Waals surface area contributed by atoms with Crippen LogP contribution in [0.25, 0.3) is 0 Å². The fourth-order valence-electron chi connectivity index (χ4n) is 2.85. The van der Waals surface area contributed by atoms with E-state index in [-0.39, 0.29) is 11.8 Å². The Kier molecular flexibility index (Phi) is 7.15. The van der Waals surface area contributed by atoms with E-state index in [1.807, 2.05) is 12.1 Å². The van der Waals surface area contributed by atoms with Crippen LogP contribution in [0.5, 0.6) is 11.6 Å². The van der Waals surface area contributed by atoms with Gasteiger partial charge in [-0.1, -0.05) is 23.7 Å². The highest BCUT2D eigenvalue weighted by atomic mass is 35.5. The molecule has 3 aromatic rings. The Balaban J connectivity index is 1.56. The van der Waals surface area contributed by atoms with Gasteiger partial charge in [-0.05, 0) is 49.9 Å². The van der Waals surface area contributed by atoms with Gasteiger partial charge in [0.05, 0.1) is 27.9 Å². The molecule has 0 bridgehead atoms. The molecule has 1 aromatic carbocycles. The molecule has 0 aliphatic rings. The fraction of sp³-hybridized carbons (Fsp3) is 0.286. The molecule has 0 aliphatic carbocycles. The van der Waals surface area contributed by atoms with E-state index in [1.165, 1.54) is 6.07 Å². The van der Waals surface area contributed by atoms with Crippen LogP contribution in [-0.2, 0) is 24.9 Å². The molecule has 158 valence electrons. The summed E-state index contributed by atoms with van der Waals surface area (Å²) in [5, 5.41) is 0.517. The molecule has 0 unspecified atom stereocenters. The minimum Gasteiger partial charge on any atom is -0.439 e. The number of hydrogen-bond acceptors (Lipinski definition) is 4. The van der Waals surface area contributed by atoms with Gasteiger partial charge in [0.1, 0.15) is 11.6 Å². The first-order valence-corrected chi connectivity index (χ1v) is 10.1. The average molecular weight is 456 g/mol. The lowest BCUT2D eigenvalue weighted by Crippen LogP contribution is -2.05. The zero-order valence-electron chi connectivity index (χ0n) is 16.0. The van der Waals surface area contributed by atoms with Crippen LogP contribution in [0, 0.1) is 6.92 Å². The number of alkyl halides is 4. The standard InChI is InChI=1S/C21H18Cl2F3N3O/c1-13-28-17(20(23)18(11-22)29-13)4-2-3-14-5-8-16(9-6-14)30-19-10-7-15(12-27-19)21(24,25)26/h5-10,12H,2-4,11H2,1H3. The maximum Gasteiger partial charge on any atom is 0.417 e. The summed E-state index contributed by atoms with van der Waals surface area (Å²) in [5.74, 6) is 1.47. The van der Waals surface area contributed by atoms with Gasteiger partial charge in [-0.15, -0.1) is 11.6 Å². The number of benzene rings is 1. The third kappa shape index (κ3) is 5.83. The van der Waals surface area contributed by atoms with Crippen molar-refractivity contribution in [1.29, 1.82) is 0 Å². The van der Waals surface area contributed by atoms with Crippen LogP contribution in [0.15, 0.2) is 42.6 Å². The van der Waals surface area contributed by atoms with Crippen LogP contribution in [0.4, 0.5) is 13.2 Å². The molecule has 2 heterocycles. The highest BCUT2D eigenvalue weighted by Gasteiger charge is 2.30. The van der Waals surface area contributed by atoms with E-state index in [0.717, 1.165) is 36.4 Å². The van der Waals surface area contributed by atoms with Crippen molar-refractivity contribution in [1.82, 2.24) is 15.0 Å². The van der Waals surface area contributed by atoms with E-state index in [2.05, 4.69) is 15.0 Å². The number of pyridine rings is 1. The van der Waals surface area contributed by atoms with Crippen LogP contribution < -0.4 is 4.74 Å². The van der Waals surface area contributed by atoms with E-state index < -0.39 is 11.7 Å². The number of hydrogen-bond donors (Lipinski definition) is 0. The van der Waals surface area contributed by atoms with Gasteiger partial charge in [0.2, 0.25) is 5.88 Å². The predicted molar refractivity (Wildman–Crippen MR) is 109 cm³/mol. The molecule has 0 fully saturated rings. The molecule has 2 aromatic heterocycles. The summed E-state index contributed by atoms with van der Waals surface area (Å²) < 4.78 is 43.2. The second-order valence-corrected chi connectivity index (χ2v) is 7.24. The second kappa shape index (κ2) is 9.62. The van der Waals surface area contributed by atoms with Crippen LogP contribution >= 0.6 is 23.2 Å². The summed E-state index contributed by atoms with van der Waals surface area (Å²) in [7, 11) is 0. The van der Waals surface area contributed by atoms with E-state index in [0.29, 0.717) is 28.7 Å². The lowest BCUT2D eigenvalue weighted by Gasteiger charge is -2.09. The first-order chi connectivity index (χ1) is 14.3. The monoisotopic (exact) mass is 455 g/mol. The van der Waals surface area contributed by atoms with Crippen molar-refractivity contribution in [3.8, 4) is 11.6 Å². The number of ether oxygens (including phenoxy) is 1. The third-order valence-corrected chi connectivity index (χ3v) is 5.00. The smallest absolute Gasteiger partial charge is 0.417 e. The van der Waals surface area contributed by atoms with Gasteiger partial charge in [0.25, 0.3) is 0 Å². The molecule has 0 aliphatic heterocycles. The maximum absolute atomic E-state index is 12.6. The molecule has 0 amide bonds. The number of aromatic nitrogens is 3. The molecule has 0 atom stereocenters. The van der Waals surface area contributed by atoms with Gasteiger partial charge < -0.3 is 4.74 Å². The van der Waals surface area contributed by atoms with E-state index in [1.54, 1.807) is 19.1 Å². The minimum atomic E-state index is -4.42. The van der Waals surface area contributed by atoms with Gasteiger partial charge in [-0.3, -0.25) is 0 Å². The lowest BCUT2D eigenvalue weighted by molar-refractivity contribution is -0.137. The topological polar surface area (TPSA) is 47.9 Å². The van der Waals surface area contributed by atoms with Crippen LogP contribution in [0.2, 0.25) is 5.02 Å². The Bertz CT molecular complexity index is 994. The first kappa shape index (κ1) is 22.3. The van der Waals surface area contributed by atoms with Gasteiger partial charge in [0.15, 0.2) is 0 Å². The molecule has 0 saturated heterocycles. The van der Waals surface area contributed by atoms with Gasteiger partial charge in [-0.2, -0.15) is 13.2 Å². The number of halogens is 5. The Morgan fingerprint density at radius 1 is 0.967 bits per heavy atom. The van der Waals surface area contributed by atoms with Crippen molar-refractivity contribution < 1.29 is 17.9 Å². The molecule has 0 radical (unpaired) electrons. The Morgan fingerprint density at radius 2 is 1.67 bits per heavy atom. The zero-order chi connectivity index (χ0) is 21.7. The summed E-state index contributed by atoms with van der Waals surface area (Å²) >= 11 is 12.2. The van der Waals surface area contributed by atoms with Crippen LogP contribution in [-0.4, -0.2) is 15.0 Å². The Hall–Kier alpha value is -2.38.